The lowest BCUT2D eigenvalue weighted by Gasteiger charge is -2.08. The average molecular weight is 384 g/mol. The molecular weight excluding hydrogens is 366 g/mol. The lowest BCUT2D eigenvalue weighted by Crippen LogP contribution is -1.98. The minimum atomic E-state index is 0.691. The number of halogens is 1. The standard InChI is InChI=1S/C24H18ClN3/c1-15-8-10-19(12-16(15)2)28-24-20-13-18(25)9-11-22(20)26-14-21(24)23(27-28)17-6-4-3-5-7-17/h3-14H,1-2H3. The van der Waals surface area contributed by atoms with E-state index in [0.29, 0.717) is 5.02 Å². The third kappa shape index (κ3) is 2.67. The van der Waals surface area contributed by atoms with Crippen LogP contribution in [-0.2, 0) is 0 Å². The van der Waals surface area contributed by atoms with E-state index in [2.05, 4.69) is 49.2 Å². The van der Waals surface area contributed by atoms with Crippen LogP contribution in [0.25, 0.3) is 38.8 Å². The summed E-state index contributed by atoms with van der Waals surface area (Å²) in [5, 5.41) is 7.72. The Morgan fingerprint density at radius 1 is 0.821 bits per heavy atom. The van der Waals surface area contributed by atoms with E-state index >= 15 is 0 Å². The van der Waals surface area contributed by atoms with Crippen molar-refractivity contribution in [2.75, 3.05) is 0 Å². The van der Waals surface area contributed by atoms with Gasteiger partial charge >= 0.3 is 0 Å². The van der Waals surface area contributed by atoms with Gasteiger partial charge in [0.1, 0.15) is 5.69 Å². The van der Waals surface area contributed by atoms with Crippen molar-refractivity contribution in [3.05, 3.63) is 89.1 Å². The third-order valence-corrected chi connectivity index (χ3v) is 5.49. The fraction of sp³-hybridized carbons (Fsp3) is 0.0833. The molecule has 0 spiro atoms. The molecule has 28 heavy (non-hydrogen) atoms. The molecule has 0 aliphatic carbocycles. The first-order valence-corrected chi connectivity index (χ1v) is 9.59. The molecule has 4 heteroatoms. The first kappa shape index (κ1) is 17.0. The summed E-state index contributed by atoms with van der Waals surface area (Å²) in [6.45, 7) is 4.24. The fourth-order valence-electron chi connectivity index (χ4n) is 3.61. The molecule has 0 atom stereocenters. The third-order valence-electron chi connectivity index (χ3n) is 5.25. The lowest BCUT2D eigenvalue weighted by atomic mass is 10.1. The first-order chi connectivity index (χ1) is 13.6. The number of rotatable bonds is 2. The molecule has 0 N–H and O–H groups in total. The summed E-state index contributed by atoms with van der Waals surface area (Å²) >= 11 is 6.33. The van der Waals surface area contributed by atoms with Crippen LogP contribution < -0.4 is 0 Å². The Hall–Kier alpha value is -3.17. The van der Waals surface area contributed by atoms with E-state index in [1.165, 1.54) is 11.1 Å². The van der Waals surface area contributed by atoms with Crippen molar-refractivity contribution in [3.63, 3.8) is 0 Å². The monoisotopic (exact) mass is 383 g/mol. The molecule has 0 aliphatic heterocycles. The zero-order valence-electron chi connectivity index (χ0n) is 15.6. The van der Waals surface area contributed by atoms with Crippen molar-refractivity contribution in [1.29, 1.82) is 0 Å². The Kier molecular flexibility index (Phi) is 3.92. The van der Waals surface area contributed by atoms with Crippen LogP contribution in [0, 0.1) is 13.8 Å². The molecule has 2 heterocycles. The summed E-state index contributed by atoms with van der Waals surface area (Å²) in [5.74, 6) is 0. The molecule has 136 valence electrons. The van der Waals surface area contributed by atoms with E-state index in [0.717, 1.165) is 38.8 Å². The van der Waals surface area contributed by atoms with Crippen LogP contribution in [0.3, 0.4) is 0 Å². The summed E-state index contributed by atoms with van der Waals surface area (Å²) in [5.41, 5.74) is 7.44. The van der Waals surface area contributed by atoms with E-state index in [-0.39, 0.29) is 0 Å². The van der Waals surface area contributed by atoms with Crippen LogP contribution in [-0.4, -0.2) is 14.8 Å². The number of aryl methyl sites for hydroxylation is 2. The molecule has 0 fully saturated rings. The van der Waals surface area contributed by atoms with Crippen molar-refractivity contribution in [3.8, 4) is 16.9 Å². The maximum atomic E-state index is 6.33. The molecule has 0 radical (unpaired) electrons. The number of benzene rings is 3. The molecule has 0 amide bonds. The van der Waals surface area contributed by atoms with Gasteiger partial charge in [-0.3, -0.25) is 4.98 Å². The number of hydrogen-bond acceptors (Lipinski definition) is 2. The van der Waals surface area contributed by atoms with E-state index in [9.17, 15) is 0 Å². The maximum absolute atomic E-state index is 6.33. The largest absolute Gasteiger partial charge is 0.255 e. The second-order valence-corrected chi connectivity index (χ2v) is 7.51. The van der Waals surface area contributed by atoms with Gasteiger partial charge in [-0.25, -0.2) is 4.68 Å². The van der Waals surface area contributed by atoms with Crippen LogP contribution in [0.4, 0.5) is 0 Å². The van der Waals surface area contributed by atoms with Gasteiger partial charge in [0.15, 0.2) is 0 Å². The number of hydrogen-bond donors (Lipinski definition) is 0. The van der Waals surface area contributed by atoms with Crippen molar-refractivity contribution >= 4 is 33.4 Å². The molecule has 0 aliphatic rings. The Morgan fingerprint density at radius 3 is 2.43 bits per heavy atom. The van der Waals surface area contributed by atoms with Crippen LogP contribution in [0.15, 0.2) is 72.9 Å². The van der Waals surface area contributed by atoms with Crippen molar-refractivity contribution < 1.29 is 0 Å². The molecule has 3 aromatic carbocycles. The number of pyridine rings is 1. The van der Waals surface area contributed by atoms with Crippen LogP contribution in [0.5, 0.6) is 0 Å². The average Bonchev–Trinajstić information content (AvgIpc) is 3.11. The molecule has 2 aromatic heterocycles. The highest BCUT2D eigenvalue weighted by molar-refractivity contribution is 6.31. The Balaban J connectivity index is 1.92. The minimum absolute atomic E-state index is 0.691. The van der Waals surface area contributed by atoms with E-state index in [1.807, 2.05) is 47.3 Å². The smallest absolute Gasteiger partial charge is 0.102 e. The Labute approximate surface area is 168 Å². The number of fused-ring (bicyclic) bond motifs is 3. The fourth-order valence-corrected chi connectivity index (χ4v) is 3.78. The predicted octanol–water partition coefficient (Wildman–Crippen LogP) is 6.51. The SMILES string of the molecule is Cc1ccc(-n2nc(-c3ccccc3)c3cnc4ccc(Cl)cc4c32)cc1C. The predicted molar refractivity (Wildman–Crippen MR) is 116 cm³/mol. The van der Waals surface area contributed by atoms with E-state index in [1.54, 1.807) is 0 Å². The van der Waals surface area contributed by atoms with Crippen LogP contribution in [0.1, 0.15) is 11.1 Å². The highest BCUT2D eigenvalue weighted by Crippen LogP contribution is 2.34. The van der Waals surface area contributed by atoms with Gasteiger partial charge in [-0.1, -0.05) is 48.0 Å². The van der Waals surface area contributed by atoms with Gasteiger partial charge in [-0.15, -0.1) is 0 Å². The number of aromatic nitrogens is 3. The highest BCUT2D eigenvalue weighted by atomic mass is 35.5. The lowest BCUT2D eigenvalue weighted by molar-refractivity contribution is 0.915. The van der Waals surface area contributed by atoms with Crippen LogP contribution >= 0.6 is 11.6 Å². The zero-order chi connectivity index (χ0) is 19.3. The molecule has 3 nitrogen and oxygen atoms in total. The van der Waals surface area contributed by atoms with Crippen LogP contribution in [0.2, 0.25) is 5.02 Å². The maximum Gasteiger partial charge on any atom is 0.102 e. The van der Waals surface area contributed by atoms with Gasteiger partial charge in [0.2, 0.25) is 0 Å². The van der Waals surface area contributed by atoms with Gasteiger partial charge in [0.05, 0.1) is 16.7 Å². The van der Waals surface area contributed by atoms with Gasteiger partial charge in [-0.05, 0) is 55.3 Å². The van der Waals surface area contributed by atoms with Gasteiger partial charge < -0.3 is 0 Å². The molecule has 0 saturated carbocycles. The molecule has 5 aromatic rings. The summed E-state index contributed by atoms with van der Waals surface area (Å²) in [4.78, 5) is 4.66. The topological polar surface area (TPSA) is 30.7 Å². The normalized spacial score (nSPS) is 11.4. The van der Waals surface area contributed by atoms with E-state index in [4.69, 9.17) is 16.7 Å². The van der Waals surface area contributed by atoms with Crippen molar-refractivity contribution in [2.45, 2.75) is 13.8 Å². The second-order valence-electron chi connectivity index (χ2n) is 7.08. The summed E-state index contributed by atoms with van der Waals surface area (Å²) < 4.78 is 2.02. The highest BCUT2D eigenvalue weighted by Gasteiger charge is 2.17. The summed E-state index contributed by atoms with van der Waals surface area (Å²) in [6.07, 6.45) is 1.92. The van der Waals surface area contributed by atoms with Crippen molar-refractivity contribution in [2.24, 2.45) is 0 Å². The van der Waals surface area contributed by atoms with Crippen molar-refractivity contribution in [1.82, 2.24) is 14.8 Å². The quantitative estimate of drug-likeness (QED) is 0.348. The first-order valence-electron chi connectivity index (χ1n) is 9.22. The number of nitrogens with zero attached hydrogens (tertiary/aromatic N) is 3. The zero-order valence-corrected chi connectivity index (χ0v) is 16.4. The molecule has 0 saturated heterocycles. The Morgan fingerprint density at radius 2 is 1.64 bits per heavy atom. The second kappa shape index (κ2) is 6.47. The van der Waals surface area contributed by atoms with Gasteiger partial charge in [0.25, 0.3) is 0 Å². The summed E-state index contributed by atoms with van der Waals surface area (Å²) in [7, 11) is 0. The summed E-state index contributed by atoms with van der Waals surface area (Å²) in [6, 6.07) is 22.4. The van der Waals surface area contributed by atoms with Gasteiger partial charge in [-0.2, -0.15) is 5.10 Å². The molecule has 0 unspecified atom stereocenters. The molecular formula is C24H18ClN3. The minimum Gasteiger partial charge on any atom is -0.255 e. The Bertz CT molecular complexity index is 1340. The van der Waals surface area contributed by atoms with Gasteiger partial charge in [0, 0.05) is 27.6 Å². The van der Waals surface area contributed by atoms with E-state index < -0.39 is 0 Å². The molecule has 5 rings (SSSR count). The molecule has 0 bridgehead atoms.